The molecule has 4 rings (SSSR count). The van der Waals surface area contributed by atoms with Gasteiger partial charge in [0.25, 0.3) is 0 Å². The van der Waals surface area contributed by atoms with Crippen molar-refractivity contribution in [1.82, 2.24) is 24.7 Å². The zero-order chi connectivity index (χ0) is 21.8. The highest BCUT2D eigenvalue weighted by atomic mass is 19.4. The topological polar surface area (TPSA) is 68.5 Å². The molecule has 1 unspecified atom stereocenters. The van der Waals surface area contributed by atoms with Crippen LogP contribution in [0.1, 0.15) is 29.8 Å². The van der Waals surface area contributed by atoms with Crippen molar-refractivity contribution in [3.05, 3.63) is 90.1 Å². The molecule has 3 heterocycles. The molecule has 0 saturated heterocycles. The van der Waals surface area contributed by atoms with Crippen LogP contribution in [-0.4, -0.2) is 24.7 Å². The van der Waals surface area contributed by atoms with E-state index in [4.69, 9.17) is 0 Å². The molecule has 1 atom stereocenters. The summed E-state index contributed by atoms with van der Waals surface area (Å²) in [6.07, 6.45) is 1.91. The van der Waals surface area contributed by atoms with Crippen molar-refractivity contribution in [3.63, 3.8) is 0 Å². The molecule has 0 fully saturated rings. The Morgan fingerprint density at radius 1 is 1.03 bits per heavy atom. The summed E-state index contributed by atoms with van der Waals surface area (Å²) in [6, 6.07) is 13.7. The molecule has 0 spiro atoms. The molecule has 0 saturated carbocycles. The molecule has 0 aliphatic carbocycles. The van der Waals surface area contributed by atoms with Crippen LogP contribution in [0.2, 0.25) is 0 Å². The number of benzene rings is 1. The molecule has 3 aromatic heterocycles. The van der Waals surface area contributed by atoms with E-state index in [-0.39, 0.29) is 17.7 Å². The van der Waals surface area contributed by atoms with Crippen LogP contribution in [0.4, 0.5) is 19.0 Å². The van der Waals surface area contributed by atoms with Gasteiger partial charge in [0, 0.05) is 35.8 Å². The number of pyridine rings is 1. The molecule has 0 aliphatic rings. The van der Waals surface area contributed by atoms with Crippen molar-refractivity contribution in [2.45, 2.75) is 25.7 Å². The Bertz CT molecular complexity index is 1140. The van der Waals surface area contributed by atoms with Gasteiger partial charge in [0.15, 0.2) is 11.5 Å². The first-order chi connectivity index (χ1) is 14.9. The van der Waals surface area contributed by atoms with Crippen LogP contribution < -0.4 is 5.32 Å². The normalized spacial score (nSPS) is 12.5. The Morgan fingerprint density at radius 2 is 1.84 bits per heavy atom. The summed E-state index contributed by atoms with van der Waals surface area (Å²) in [7, 11) is 0. The molecule has 1 N–H and O–H groups in total. The summed E-state index contributed by atoms with van der Waals surface area (Å²) in [5.41, 5.74) is 1.31. The second-order valence-corrected chi connectivity index (χ2v) is 7.02. The minimum atomic E-state index is -4.60. The van der Waals surface area contributed by atoms with Crippen molar-refractivity contribution < 1.29 is 13.2 Å². The van der Waals surface area contributed by atoms with E-state index in [0.717, 1.165) is 17.2 Å². The second-order valence-electron chi connectivity index (χ2n) is 7.02. The van der Waals surface area contributed by atoms with Gasteiger partial charge in [-0.25, -0.2) is 9.97 Å². The molecule has 31 heavy (non-hydrogen) atoms. The first kappa shape index (κ1) is 20.5. The summed E-state index contributed by atoms with van der Waals surface area (Å²) in [6.45, 7) is 2.44. The third-order valence-corrected chi connectivity index (χ3v) is 4.64. The SMILES string of the molecule is CC(Nc1cc(C(F)(F)F)nc(-c2cccnc2)n1)c1cnn(Cc2ccccc2)c1. The average molecular weight is 424 g/mol. The molecule has 158 valence electrons. The Kier molecular flexibility index (Phi) is 5.66. The summed E-state index contributed by atoms with van der Waals surface area (Å²) in [4.78, 5) is 11.9. The van der Waals surface area contributed by atoms with Gasteiger partial charge in [-0.3, -0.25) is 9.67 Å². The first-order valence-corrected chi connectivity index (χ1v) is 9.58. The lowest BCUT2D eigenvalue weighted by molar-refractivity contribution is -0.141. The highest BCUT2D eigenvalue weighted by molar-refractivity contribution is 5.56. The van der Waals surface area contributed by atoms with Gasteiger partial charge < -0.3 is 5.32 Å². The zero-order valence-corrected chi connectivity index (χ0v) is 16.6. The van der Waals surface area contributed by atoms with E-state index >= 15 is 0 Å². The number of hydrogen-bond donors (Lipinski definition) is 1. The standard InChI is InChI=1S/C22H19F3N6/c1-15(18-12-27-31(14-18)13-16-6-3-2-4-7-16)28-20-10-19(22(23,24)25)29-21(30-20)17-8-5-9-26-11-17/h2-12,14-15H,13H2,1H3,(H,28,29,30). The van der Waals surface area contributed by atoms with Gasteiger partial charge in [0.05, 0.1) is 18.8 Å². The lowest BCUT2D eigenvalue weighted by Gasteiger charge is -2.15. The quantitative estimate of drug-likeness (QED) is 0.473. The van der Waals surface area contributed by atoms with E-state index in [9.17, 15) is 13.2 Å². The summed E-state index contributed by atoms with van der Waals surface area (Å²) in [5.74, 6) is 0.0295. The van der Waals surface area contributed by atoms with Crippen molar-refractivity contribution >= 4 is 5.82 Å². The van der Waals surface area contributed by atoms with E-state index in [0.29, 0.717) is 12.1 Å². The molecule has 4 aromatic rings. The molecule has 0 bridgehead atoms. The van der Waals surface area contributed by atoms with Gasteiger partial charge in [0.1, 0.15) is 5.82 Å². The molecule has 1 aromatic carbocycles. The molecule has 0 amide bonds. The van der Waals surface area contributed by atoms with Crippen molar-refractivity contribution in [2.75, 3.05) is 5.32 Å². The maximum atomic E-state index is 13.4. The third-order valence-electron chi connectivity index (χ3n) is 4.64. The number of nitrogens with one attached hydrogen (secondary N) is 1. The number of alkyl halides is 3. The van der Waals surface area contributed by atoms with Crippen LogP contribution >= 0.6 is 0 Å². The monoisotopic (exact) mass is 424 g/mol. The molecule has 0 radical (unpaired) electrons. The fraction of sp³-hybridized carbons (Fsp3) is 0.182. The second kappa shape index (κ2) is 8.55. The van der Waals surface area contributed by atoms with E-state index < -0.39 is 11.9 Å². The maximum Gasteiger partial charge on any atom is 0.433 e. The fourth-order valence-electron chi connectivity index (χ4n) is 3.06. The van der Waals surface area contributed by atoms with E-state index in [1.807, 2.05) is 43.5 Å². The Morgan fingerprint density at radius 3 is 2.55 bits per heavy atom. The van der Waals surface area contributed by atoms with Gasteiger partial charge in [-0.15, -0.1) is 0 Å². The van der Waals surface area contributed by atoms with Gasteiger partial charge in [-0.2, -0.15) is 18.3 Å². The van der Waals surface area contributed by atoms with Gasteiger partial charge >= 0.3 is 6.18 Å². The molecule has 0 aliphatic heterocycles. The first-order valence-electron chi connectivity index (χ1n) is 9.58. The Balaban J connectivity index is 1.57. The fourth-order valence-corrected chi connectivity index (χ4v) is 3.06. The number of rotatable bonds is 6. The molecule has 9 heteroatoms. The smallest absolute Gasteiger partial charge is 0.363 e. The summed E-state index contributed by atoms with van der Waals surface area (Å²) in [5, 5.41) is 7.38. The summed E-state index contributed by atoms with van der Waals surface area (Å²) >= 11 is 0. The van der Waals surface area contributed by atoms with Crippen molar-refractivity contribution in [2.24, 2.45) is 0 Å². The lowest BCUT2D eigenvalue weighted by atomic mass is 10.2. The number of halogens is 3. The minimum absolute atomic E-state index is 0.0441. The predicted molar refractivity (Wildman–Crippen MR) is 110 cm³/mol. The molecular weight excluding hydrogens is 405 g/mol. The highest BCUT2D eigenvalue weighted by Gasteiger charge is 2.34. The number of nitrogens with zero attached hydrogens (tertiary/aromatic N) is 5. The molecular formula is C22H19F3N6. The van der Waals surface area contributed by atoms with E-state index in [2.05, 4.69) is 25.4 Å². The molecule has 6 nitrogen and oxygen atoms in total. The van der Waals surface area contributed by atoms with Crippen molar-refractivity contribution in [3.8, 4) is 11.4 Å². The van der Waals surface area contributed by atoms with Crippen LogP contribution in [0.25, 0.3) is 11.4 Å². The van der Waals surface area contributed by atoms with Gasteiger partial charge in [0.2, 0.25) is 0 Å². The Hall–Kier alpha value is -3.75. The van der Waals surface area contributed by atoms with Gasteiger partial charge in [-0.1, -0.05) is 30.3 Å². The van der Waals surface area contributed by atoms with Crippen LogP contribution in [0.3, 0.4) is 0 Å². The third kappa shape index (κ3) is 5.06. The zero-order valence-electron chi connectivity index (χ0n) is 16.6. The van der Waals surface area contributed by atoms with Gasteiger partial charge in [-0.05, 0) is 24.6 Å². The van der Waals surface area contributed by atoms with Crippen LogP contribution in [0, 0.1) is 0 Å². The highest BCUT2D eigenvalue weighted by Crippen LogP contribution is 2.31. The lowest BCUT2D eigenvalue weighted by Crippen LogP contribution is -2.13. The average Bonchev–Trinajstić information content (AvgIpc) is 3.23. The van der Waals surface area contributed by atoms with Crippen molar-refractivity contribution in [1.29, 1.82) is 0 Å². The maximum absolute atomic E-state index is 13.4. The number of hydrogen-bond acceptors (Lipinski definition) is 5. The predicted octanol–water partition coefficient (Wildman–Crippen LogP) is 4.98. The largest absolute Gasteiger partial charge is 0.433 e. The van der Waals surface area contributed by atoms with E-state index in [1.165, 1.54) is 12.4 Å². The van der Waals surface area contributed by atoms with Crippen LogP contribution in [0.5, 0.6) is 0 Å². The van der Waals surface area contributed by atoms with E-state index in [1.54, 1.807) is 23.0 Å². The minimum Gasteiger partial charge on any atom is -0.363 e. The number of aromatic nitrogens is 5. The Labute approximate surface area is 176 Å². The number of anilines is 1. The van der Waals surface area contributed by atoms with Crippen LogP contribution in [0.15, 0.2) is 73.3 Å². The van der Waals surface area contributed by atoms with Crippen LogP contribution in [-0.2, 0) is 12.7 Å². The summed E-state index contributed by atoms with van der Waals surface area (Å²) < 4.78 is 41.9.